The van der Waals surface area contributed by atoms with E-state index in [2.05, 4.69) is 64.0 Å². The minimum absolute atomic E-state index is 0.00181. The summed E-state index contributed by atoms with van der Waals surface area (Å²) in [6, 6.07) is 8.15. The largest absolute Gasteiger partial charge is 0.504 e. The maximum atomic E-state index is 11.0. The molecule has 6 heteroatoms. The van der Waals surface area contributed by atoms with Crippen LogP contribution in [0.1, 0.15) is 108 Å². The summed E-state index contributed by atoms with van der Waals surface area (Å²) in [6.45, 7) is 14.4. The van der Waals surface area contributed by atoms with E-state index in [0.29, 0.717) is 5.41 Å². The summed E-state index contributed by atoms with van der Waals surface area (Å²) in [4.78, 5) is 11.9. The Kier molecular flexibility index (Phi) is 7.18. The third kappa shape index (κ3) is 4.08. The molecule has 4 N–H and O–H groups in total. The van der Waals surface area contributed by atoms with Crippen molar-refractivity contribution in [3.05, 3.63) is 64.4 Å². The highest BCUT2D eigenvalue weighted by Gasteiger charge is 2.65. The molecule has 1 heterocycles. The second-order valence-corrected chi connectivity index (χ2v) is 15.3. The molecule has 6 nitrogen and oxygen atoms in total. The average Bonchev–Trinajstić information content (AvgIpc) is 3.42. The SMILES string of the molecule is COc1ccc2c(C3C=C4[C@@](C)(CC[C@@]5(C)[C@@H]6C[C@@H](C)CC[C@]6(C)CC[C@]45C)c4cc(O)c(O)c(C)c43)c[nH]c2c1.O=CO. The number of carbonyl (C=O) groups is 1. The van der Waals surface area contributed by atoms with Crippen LogP contribution in [0.25, 0.3) is 10.9 Å². The highest BCUT2D eigenvalue weighted by atomic mass is 16.5. The number of fused-ring (bicyclic) bond motifs is 8. The van der Waals surface area contributed by atoms with Gasteiger partial charge in [0, 0.05) is 34.5 Å². The molecule has 7 atom stereocenters. The first-order valence-electron chi connectivity index (χ1n) is 16.3. The van der Waals surface area contributed by atoms with Gasteiger partial charge in [-0.05, 0) is 114 Å². The number of aromatic hydroxyl groups is 2. The average molecular weight is 600 g/mol. The van der Waals surface area contributed by atoms with Crippen LogP contribution in [0.15, 0.2) is 42.1 Å². The minimum atomic E-state index is -0.250. The van der Waals surface area contributed by atoms with Crippen LogP contribution in [0, 0.1) is 35.0 Å². The Balaban J connectivity index is 0.00000110. The summed E-state index contributed by atoms with van der Waals surface area (Å²) in [5.41, 5.74) is 7.51. The molecule has 44 heavy (non-hydrogen) atoms. The van der Waals surface area contributed by atoms with Gasteiger partial charge >= 0.3 is 0 Å². The maximum absolute atomic E-state index is 11.0. The quantitative estimate of drug-likeness (QED) is 0.134. The lowest BCUT2D eigenvalue weighted by Crippen LogP contribution is -2.61. The van der Waals surface area contributed by atoms with Gasteiger partial charge in [-0.1, -0.05) is 52.7 Å². The van der Waals surface area contributed by atoms with E-state index in [9.17, 15) is 10.2 Å². The molecule has 0 saturated heterocycles. The Hall–Kier alpha value is -3.41. The predicted octanol–water partition coefficient (Wildman–Crippen LogP) is 8.97. The Morgan fingerprint density at radius 2 is 1.75 bits per heavy atom. The smallest absolute Gasteiger partial charge is 0.290 e. The second-order valence-electron chi connectivity index (χ2n) is 15.3. The lowest BCUT2D eigenvalue weighted by molar-refractivity contribution is -0.145. The van der Waals surface area contributed by atoms with E-state index in [1.807, 2.05) is 19.1 Å². The zero-order chi connectivity index (χ0) is 31.8. The van der Waals surface area contributed by atoms with Gasteiger partial charge in [0.15, 0.2) is 11.5 Å². The summed E-state index contributed by atoms with van der Waals surface area (Å²) >= 11 is 0. The van der Waals surface area contributed by atoms with Crippen LogP contribution in [-0.2, 0) is 10.2 Å². The van der Waals surface area contributed by atoms with Crippen molar-refractivity contribution < 1.29 is 24.9 Å². The molecule has 7 rings (SSSR count). The molecule has 4 aliphatic carbocycles. The zero-order valence-corrected chi connectivity index (χ0v) is 27.4. The monoisotopic (exact) mass is 599 g/mol. The Labute approximate surface area is 261 Å². The van der Waals surface area contributed by atoms with E-state index in [1.54, 1.807) is 12.7 Å². The van der Waals surface area contributed by atoms with Crippen LogP contribution in [0.4, 0.5) is 0 Å². The summed E-state index contributed by atoms with van der Waals surface area (Å²) in [5.74, 6) is 2.34. The molecule has 3 saturated carbocycles. The van der Waals surface area contributed by atoms with Gasteiger partial charge < -0.3 is 25.0 Å². The van der Waals surface area contributed by atoms with Crippen molar-refractivity contribution in [2.24, 2.45) is 28.1 Å². The summed E-state index contributed by atoms with van der Waals surface area (Å²) < 4.78 is 5.51. The molecule has 1 aromatic heterocycles. The third-order valence-electron chi connectivity index (χ3n) is 13.3. The van der Waals surface area contributed by atoms with Gasteiger partial charge in [-0.3, -0.25) is 4.79 Å². The fourth-order valence-electron chi connectivity index (χ4n) is 10.6. The molecule has 1 unspecified atom stereocenters. The Bertz CT molecular complexity index is 1650. The van der Waals surface area contributed by atoms with Crippen molar-refractivity contribution in [3.8, 4) is 17.2 Å². The fraction of sp³-hybridized carbons (Fsp3) is 0.553. The van der Waals surface area contributed by atoms with E-state index in [-0.39, 0.29) is 40.1 Å². The normalized spacial score (nSPS) is 35.6. The van der Waals surface area contributed by atoms with Gasteiger partial charge in [0.05, 0.1) is 7.11 Å². The number of H-pyrrole nitrogens is 1. The van der Waals surface area contributed by atoms with Crippen LogP contribution in [0.5, 0.6) is 17.2 Å². The summed E-state index contributed by atoms with van der Waals surface area (Å²) in [6.07, 6.45) is 13.6. The van der Waals surface area contributed by atoms with Crippen LogP contribution >= 0.6 is 0 Å². The number of carboxylic acid groups (broad SMARTS) is 1. The number of phenols is 2. The van der Waals surface area contributed by atoms with Crippen molar-refractivity contribution in [2.75, 3.05) is 7.11 Å². The lowest BCUT2D eigenvalue weighted by Gasteiger charge is -2.69. The molecule has 4 aliphatic rings. The minimum Gasteiger partial charge on any atom is -0.504 e. The Morgan fingerprint density at radius 1 is 1.02 bits per heavy atom. The van der Waals surface area contributed by atoms with Crippen molar-refractivity contribution in [2.45, 2.75) is 97.8 Å². The zero-order valence-electron chi connectivity index (χ0n) is 27.4. The van der Waals surface area contributed by atoms with E-state index < -0.39 is 0 Å². The number of hydrogen-bond donors (Lipinski definition) is 4. The molecule has 0 spiro atoms. The van der Waals surface area contributed by atoms with Crippen molar-refractivity contribution in [1.29, 1.82) is 0 Å². The first-order valence-corrected chi connectivity index (χ1v) is 16.3. The predicted molar refractivity (Wildman–Crippen MR) is 175 cm³/mol. The molecule has 3 aromatic rings. The first-order chi connectivity index (χ1) is 20.8. The molecular weight excluding hydrogens is 550 g/mol. The summed E-state index contributed by atoms with van der Waals surface area (Å²) in [5, 5.41) is 30.1. The number of phenolic OH excluding ortho intramolecular Hbond substituents is 2. The molecule has 0 radical (unpaired) electrons. The molecule has 0 bridgehead atoms. The summed E-state index contributed by atoms with van der Waals surface area (Å²) in [7, 11) is 1.70. The van der Waals surface area contributed by atoms with Crippen LogP contribution < -0.4 is 4.74 Å². The van der Waals surface area contributed by atoms with E-state index >= 15 is 0 Å². The fourth-order valence-corrected chi connectivity index (χ4v) is 10.6. The topological polar surface area (TPSA) is 103 Å². The Morgan fingerprint density at radius 3 is 2.45 bits per heavy atom. The van der Waals surface area contributed by atoms with Gasteiger partial charge in [-0.25, -0.2) is 0 Å². The highest BCUT2D eigenvalue weighted by Crippen LogP contribution is 2.74. The lowest BCUT2D eigenvalue weighted by atomic mass is 9.35. The number of rotatable bonds is 2. The van der Waals surface area contributed by atoms with Crippen molar-refractivity contribution >= 4 is 17.4 Å². The number of hydrogen-bond acceptors (Lipinski definition) is 4. The van der Waals surface area contributed by atoms with Crippen LogP contribution in [0.3, 0.4) is 0 Å². The van der Waals surface area contributed by atoms with Crippen LogP contribution in [0.2, 0.25) is 0 Å². The number of benzene rings is 2. The van der Waals surface area contributed by atoms with Gasteiger partial charge in [-0.2, -0.15) is 0 Å². The molecular formula is C38H49NO5. The van der Waals surface area contributed by atoms with Crippen LogP contribution in [-0.4, -0.2) is 33.9 Å². The molecule has 0 aliphatic heterocycles. The van der Waals surface area contributed by atoms with E-state index in [4.69, 9.17) is 14.6 Å². The van der Waals surface area contributed by atoms with Gasteiger partial charge in [0.2, 0.25) is 0 Å². The number of ether oxygens (including phenoxy) is 1. The van der Waals surface area contributed by atoms with Gasteiger partial charge in [-0.15, -0.1) is 0 Å². The number of nitrogens with one attached hydrogen (secondary N) is 1. The highest BCUT2D eigenvalue weighted by molar-refractivity contribution is 5.86. The van der Waals surface area contributed by atoms with Crippen molar-refractivity contribution in [3.63, 3.8) is 0 Å². The van der Waals surface area contributed by atoms with Crippen molar-refractivity contribution in [1.82, 2.24) is 4.98 Å². The first kappa shape index (κ1) is 30.6. The molecule has 2 aromatic carbocycles. The number of methoxy groups -OCH3 is 1. The standard InChI is InChI=1S/C37H47NO3.CH2O2/c1-21-10-11-34(3)12-14-37(6)31-18-25(26-20-38-28-17-23(41-7)8-9-24(26)28)32-22(2)33(40)29(39)19-27(32)35(31,4)13-15-36(37,5)30(34)16-21;2-1-3/h8-9,17-21,25,30,38-40H,10-16H2,1-7H3;1H,(H,2,3)/t21-,25?,30+,34+,35-,36-,37+;/m0./s1. The maximum Gasteiger partial charge on any atom is 0.290 e. The molecule has 236 valence electrons. The van der Waals surface area contributed by atoms with Gasteiger partial charge in [0.25, 0.3) is 6.47 Å². The molecule has 3 fully saturated rings. The van der Waals surface area contributed by atoms with E-state index in [0.717, 1.165) is 40.6 Å². The van der Waals surface area contributed by atoms with Gasteiger partial charge in [0.1, 0.15) is 5.75 Å². The molecule has 0 amide bonds. The number of allylic oxidation sites excluding steroid dienone is 2. The second kappa shape index (κ2) is 10.3. The van der Waals surface area contributed by atoms with E-state index in [1.165, 1.54) is 55.0 Å². The number of aromatic nitrogens is 1. The number of aromatic amines is 1. The third-order valence-corrected chi connectivity index (χ3v) is 13.3.